The lowest BCUT2D eigenvalue weighted by Gasteiger charge is -2.35. The summed E-state index contributed by atoms with van der Waals surface area (Å²) in [5.41, 5.74) is 2.93. The van der Waals surface area contributed by atoms with Crippen molar-refractivity contribution in [1.29, 1.82) is 0 Å². The standard InChI is InChI=1S/C21H20ClN5O3S2/c22-15-3-8-18-14(12-15)2-1-10-27(18)19-9-11-26(20(19)28)16-4-6-17(7-5-16)32(29,30)25-21-23-13-24-31-21/h3-8,12-13,19H,1-2,9-11H2,(H,23,24,25). The molecular formula is C21H20ClN5O3S2. The molecule has 2 aliphatic heterocycles. The van der Waals surface area contributed by atoms with Crippen LogP contribution in [0.15, 0.2) is 53.7 Å². The molecule has 1 saturated heterocycles. The van der Waals surface area contributed by atoms with Crippen molar-refractivity contribution >= 4 is 55.6 Å². The van der Waals surface area contributed by atoms with E-state index < -0.39 is 10.0 Å². The molecule has 1 fully saturated rings. The number of carbonyl (C=O) groups excluding carboxylic acids is 1. The van der Waals surface area contributed by atoms with E-state index in [0.29, 0.717) is 23.7 Å². The van der Waals surface area contributed by atoms with E-state index in [9.17, 15) is 13.2 Å². The van der Waals surface area contributed by atoms with Crippen LogP contribution in [0, 0.1) is 0 Å². The number of benzene rings is 2. The van der Waals surface area contributed by atoms with Gasteiger partial charge in [0.25, 0.3) is 10.0 Å². The highest BCUT2D eigenvalue weighted by molar-refractivity contribution is 7.93. The fourth-order valence-electron chi connectivity index (χ4n) is 4.33. The van der Waals surface area contributed by atoms with Gasteiger partial charge in [-0.15, -0.1) is 0 Å². The maximum absolute atomic E-state index is 13.3. The number of aryl methyl sites for hydroxylation is 1. The van der Waals surface area contributed by atoms with Crippen LogP contribution in [-0.4, -0.2) is 42.8 Å². The van der Waals surface area contributed by atoms with Crippen LogP contribution in [0.25, 0.3) is 0 Å². The molecule has 8 nitrogen and oxygen atoms in total. The molecule has 1 unspecified atom stereocenters. The molecule has 1 amide bonds. The van der Waals surface area contributed by atoms with Crippen molar-refractivity contribution in [3.8, 4) is 0 Å². The Kier molecular flexibility index (Phi) is 5.52. The summed E-state index contributed by atoms with van der Waals surface area (Å²) >= 11 is 7.11. The zero-order valence-corrected chi connectivity index (χ0v) is 19.3. The van der Waals surface area contributed by atoms with Crippen molar-refractivity contribution in [3.63, 3.8) is 0 Å². The summed E-state index contributed by atoms with van der Waals surface area (Å²) in [6.45, 7) is 1.41. The Balaban J connectivity index is 1.34. The smallest absolute Gasteiger partial charge is 0.263 e. The molecule has 5 rings (SSSR count). The van der Waals surface area contributed by atoms with Gasteiger partial charge < -0.3 is 9.80 Å². The number of sulfonamides is 1. The number of amides is 1. The lowest BCUT2D eigenvalue weighted by molar-refractivity contribution is -0.118. The Labute approximate surface area is 195 Å². The first-order valence-electron chi connectivity index (χ1n) is 10.2. The molecule has 0 spiro atoms. The number of hydrogen-bond acceptors (Lipinski definition) is 7. The van der Waals surface area contributed by atoms with Crippen molar-refractivity contribution in [2.75, 3.05) is 27.6 Å². The summed E-state index contributed by atoms with van der Waals surface area (Å²) in [6.07, 6.45) is 3.93. The van der Waals surface area contributed by atoms with Gasteiger partial charge >= 0.3 is 0 Å². The van der Waals surface area contributed by atoms with Crippen LogP contribution in [-0.2, 0) is 21.2 Å². The number of anilines is 3. The molecule has 0 saturated carbocycles. The molecule has 0 bridgehead atoms. The number of halogens is 1. The van der Waals surface area contributed by atoms with Crippen molar-refractivity contribution in [2.24, 2.45) is 0 Å². The maximum atomic E-state index is 13.3. The summed E-state index contributed by atoms with van der Waals surface area (Å²) in [4.78, 5) is 21.1. The van der Waals surface area contributed by atoms with Gasteiger partial charge in [0, 0.05) is 41.0 Å². The van der Waals surface area contributed by atoms with Crippen LogP contribution in [0.5, 0.6) is 0 Å². The monoisotopic (exact) mass is 489 g/mol. The Hall–Kier alpha value is -2.69. The van der Waals surface area contributed by atoms with Crippen LogP contribution in [0.4, 0.5) is 16.5 Å². The highest BCUT2D eigenvalue weighted by Gasteiger charge is 2.38. The first-order chi connectivity index (χ1) is 15.4. The average Bonchev–Trinajstić information content (AvgIpc) is 3.42. The highest BCUT2D eigenvalue weighted by atomic mass is 35.5. The van der Waals surface area contributed by atoms with E-state index >= 15 is 0 Å². The van der Waals surface area contributed by atoms with Crippen LogP contribution >= 0.6 is 23.1 Å². The number of nitrogens with one attached hydrogen (secondary N) is 1. The second-order valence-corrected chi connectivity index (χ2v) is 10.6. The number of carbonyl (C=O) groups is 1. The minimum Gasteiger partial charge on any atom is -0.359 e. The molecular weight excluding hydrogens is 470 g/mol. The second kappa shape index (κ2) is 8.34. The average molecular weight is 490 g/mol. The van der Waals surface area contributed by atoms with E-state index in [4.69, 9.17) is 11.6 Å². The van der Waals surface area contributed by atoms with E-state index in [0.717, 1.165) is 36.6 Å². The first kappa shape index (κ1) is 21.2. The third-order valence-corrected chi connectivity index (χ3v) is 8.09. The van der Waals surface area contributed by atoms with Gasteiger partial charge in [-0.2, -0.15) is 4.37 Å². The summed E-state index contributed by atoms with van der Waals surface area (Å²) in [5.74, 6) is 0.0235. The lowest BCUT2D eigenvalue weighted by Crippen LogP contribution is -2.44. The summed E-state index contributed by atoms with van der Waals surface area (Å²) < 4.78 is 31.2. The molecule has 2 aromatic carbocycles. The van der Waals surface area contributed by atoms with E-state index in [-0.39, 0.29) is 22.0 Å². The normalized spacial score (nSPS) is 18.7. The molecule has 2 aliphatic rings. The van der Waals surface area contributed by atoms with Crippen LogP contribution < -0.4 is 14.5 Å². The highest BCUT2D eigenvalue weighted by Crippen LogP contribution is 2.35. The minimum absolute atomic E-state index is 0.0235. The lowest BCUT2D eigenvalue weighted by atomic mass is 9.99. The van der Waals surface area contributed by atoms with Crippen LogP contribution in [0.3, 0.4) is 0 Å². The predicted octanol–water partition coefficient (Wildman–Crippen LogP) is 3.55. The fourth-order valence-corrected chi connectivity index (χ4v) is 6.18. The summed E-state index contributed by atoms with van der Waals surface area (Å²) in [6, 6.07) is 11.9. The number of aromatic nitrogens is 2. The van der Waals surface area contributed by atoms with E-state index in [1.54, 1.807) is 17.0 Å². The molecule has 3 heterocycles. The van der Waals surface area contributed by atoms with E-state index in [1.807, 2.05) is 18.2 Å². The SMILES string of the molecule is O=C1C(N2CCCc3cc(Cl)ccc32)CCN1c1ccc(S(=O)(=O)Nc2ncns2)cc1. The number of fused-ring (bicyclic) bond motifs is 1. The Morgan fingerprint density at radius 2 is 1.94 bits per heavy atom. The van der Waals surface area contributed by atoms with Gasteiger partial charge in [-0.1, -0.05) is 11.6 Å². The number of hydrogen-bond donors (Lipinski definition) is 1. The van der Waals surface area contributed by atoms with Gasteiger partial charge in [-0.05, 0) is 67.3 Å². The molecule has 0 radical (unpaired) electrons. The molecule has 32 heavy (non-hydrogen) atoms. The first-order valence-corrected chi connectivity index (χ1v) is 12.8. The van der Waals surface area contributed by atoms with Crippen molar-refractivity contribution < 1.29 is 13.2 Å². The Bertz CT molecular complexity index is 1250. The second-order valence-electron chi connectivity index (χ2n) is 7.71. The molecule has 1 N–H and O–H groups in total. The van der Waals surface area contributed by atoms with Gasteiger partial charge in [0.1, 0.15) is 12.4 Å². The predicted molar refractivity (Wildman–Crippen MR) is 125 cm³/mol. The molecule has 166 valence electrons. The summed E-state index contributed by atoms with van der Waals surface area (Å²) in [5, 5.41) is 0.912. The largest absolute Gasteiger partial charge is 0.359 e. The van der Waals surface area contributed by atoms with Crippen molar-refractivity contribution in [1.82, 2.24) is 9.36 Å². The molecule has 1 atom stereocenters. The molecule has 1 aromatic heterocycles. The molecule has 0 aliphatic carbocycles. The molecule has 3 aromatic rings. The Morgan fingerprint density at radius 3 is 2.69 bits per heavy atom. The maximum Gasteiger partial charge on any atom is 0.263 e. The minimum atomic E-state index is -3.77. The summed E-state index contributed by atoms with van der Waals surface area (Å²) in [7, 11) is -3.77. The zero-order chi connectivity index (χ0) is 22.3. The number of rotatable bonds is 5. The van der Waals surface area contributed by atoms with Crippen LogP contribution in [0.1, 0.15) is 18.4 Å². The quantitative estimate of drug-likeness (QED) is 0.588. The van der Waals surface area contributed by atoms with Crippen LogP contribution in [0.2, 0.25) is 5.02 Å². The topological polar surface area (TPSA) is 95.5 Å². The van der Waals surface area contributed by atoms with Crippen molar-refractivity contribution in [2.45, 2.75) is 30.2 Å². The van der Waals surface area contributed by atoms with Crippen molar-refractivity contribution in [3.05, 3.63) is 59.4 Å². The zero-order valence-electron chi connectivity index (χ0n) is 16.9. The van der Waals surface area contributed by atoms with Gasteiger partial charge in [0.2, 0.25) is 11.0 Å². The van der Waals surface area contributed by atoms with E-state index in [2.05, 4.69) is 19.0 Å². The van der Waals surface area contributed by atoms with Gasteiger partial charge in [0.05, 0.1) is 4.90 Å². The Morgan fingerprint density at radius 1 is 1.12 bits per heavy atom. The third kappa shape index (κ3) is 3.94. The molecule has 11 heteroatoms. The van der Waals surface area contributed by atoms with Gasteiger partial charge in [-0.3, -0.25) is 9.52 Å². The number of nitrogens with zero attached hydrogens (tertiary/aromatic N) is 4. The third-order valence-electron chi connectivity index (χ3n) is 5.79. The van der Waals surface area contributed by atoms with Gasteiger partial charge in [0.15, 0.2) is 0 Å². The van der Waals surface area contributed by atoms with E-state index in [1.165, 1.54) is 24.0 Å². The van der Waals surface area contributed by atoms with Gasteiger partial charge in [-0.25, -0.2) is 13.4 Å². The fraction of sp³-hybridized carbons (Fsp3) is 0.286.